The molecule has 2 aromatic rings. The smallest absolute Gasteiger partial charge is 0.244 e. The van der Waals surface area contributed by atoms with Crippen molar-refractivity contribution in [2.75, 3.05) is 7.11 Å². The average Bonchev–Trinajstić information content (AvgIpc) is 2.55. The van der Waals surface area contributed by atoms with E-state index in [0.717, 1.165) is 11.1 Å². The first kappa shape index (κ1) is 18.8. The molecule has 0 spiro atoms. The maximum absolute atomic E-state index is 12.8. The van der Waals surface area contributed by atoms with Gasteiger partial charge in [-0.1, -0.05) is 36.7 Å². The zero-order valence-electron chi connectivity index (χ0n) is 14.3. The van der Waals surface area contributed by atoms with Gasteiger partial charge in [-0.2, -0.15) is 0 Å². The number of aryl methyl sites for hydroxylation is 2. The summed E-state index contributed by atoms with van der Waals surface area (Å²) in [6, 6.07) is 10.2. The number of nitrogens with one attached hydrogen (secondary N) is 1. The summed E-state index contributed by atoms with van der Waals surface area (Å²) in [5.41, 5.74) is 3.24. The van der Waals surface area contributed by atoms with E-state index in [1.807, 2.05) is 39.0 Å². The molecule has 2 aromatic carbocycles. The number of methoxy groups -OCH3 is 1. The molecule has 0 aliphatic rings. The summed E-state index contributed by atoms with van der Waals surface area (Å²) >= 11 is 5.96. The number of hydrogen-bond acceptors (Lipinski definition) is 3. The SMILES string of the molecule is CCC(NS(=O)(=O)c1cc(Cl)ccc1OC)c1ccc(C)c(C)c1. The van der Waals surface area contributed by atoms with E-state index in [4.69, 9.17) is 16.3 Å². The van der Waals surface area contributed by atoms with Gasteiger partial charge in [0.15, 0.2) is 0 Å². The van der Waals surface area contributed by atoms with Crippen LogP contribution in [0.3, 0.4) is 0 Å². The predicted molar refractivity (Wildman–Crippen MR) is 97.3 cm³/mol. The number of sulfonamides is 1. The molecule has 130 valence electrons. The Hall–Kier alpha value is -1.56. The fourth-order valence-electron chi connectivity index (χ4n) is 2.48. The van der Waals surface area contributed by atoms with Crippen molar-refractivity contribution in [3.8, 4) is 5.75 Å². The lowest BCUT2D eigenvalue weighted by Crippen LogP contribution is -2.28. The molecule has 0 aliphatic heterocycles. The highest BCUT2D eigenvalue weighted by atomic mass is 35.5. The summed E-state index contributed by atoms with van der Waals surface area (Å²) in [4.78, 5) is 0.0415. The molecular formula is C18H22ClNO3S. The van der Waals surface area contributed by atoms with Gasteiger partial charge in [0, 0.05) is 11.1 Å². The second-order valence-electron chi connectivity index (χ2n) is 5.72. The van der Waals surface area contributed by atoms with Crippen molar-refractivity contribution in [3.05, 3.63) is 58.1 Å². The van der Waals surface area contributed by atoms with E-state index in [-0.39, 0.29) is 16.7 Å². The molecule has 0 fully saturated rings. The van der Waals surface area contributed by atoms with E-state index in [2.05, 4.69) is 4.72 Å². The van der Waals surface area contributed by atoms with E-state index in [9.17, 15) is 8.42 Å². The van der Waals surface area contributed by atoms with Gasteiger partial charge in [0.2, 0.25) is 10.0 Å². The second kappa shape index (κ2) is 7.55. The number of ether oxygens (including phenoxy) is 1. The molecule has 0 saturated heterocycles. The molecule has 0 aromatic heterocycles. The molecule has 1 N–H and O–H groups in total. The Labute approximate surface area is 148 Å². The number of rotatable bonds is 6. The third-order valence-corrected chi connectivity index (χ3v) is 5.78. The van der Waals surface area contributed by atoms with Gasteiger partial charge in [0.1, 0.15) is 10.6 Å². The van der Waals surface area contributed by atoms with Crippen LogP contribution in [0.4, 0.5) is 0 Å². The van der Waals surface area contributed by atoms with Crippen molar-refractivity contribution in [2.24, 2.45) is 0 Å². The van der Waals surface area contributed by atoms with E-state index < -0.39 is 10.0 Å². The van der Waals surface area contributed by atoms with Crippen LogP contribution in [-0.2, 0) is 10.0 Å². The van der Waals surface area contributed by atoms with Gasteiger partial charge in [-0.15, -0.1) is 0 Å². The van der Waals surface area contributed by atoms with Crippen LogP contribution in [-0.4, -0.2) is 15.5 Å². The number of benzene rings is 2. The molecular weight excluding hydrogens is 346 g/mol. The highest BCUT2D eigenvalue weighted by Crippen LogP contribution is 2.29. The fourth-order valence-corrected chi connectivity index (χ4v) is 4.22. The summed E-state index contributed by atoms with van der Waals surface area (Å²) in [5.74, 6) is 0.266. The largest absolute Gasteiger partial charge is 0.495 e. The van der Waals surface area contributed by atoms with Gasteiger partial charge in [0.25, 0.3) is 0 Å². The summed E-state index contributed by atoms with van der Waals surface area (Å²) in [6.07, 6.45) is 0.630. The summed E-state index contributed by atoms with van der Waals surface area (Å²) in [6.45, 7) is 5.98. The molecule has 0 amide bonds. The Morgan fingerprint density at radius 1 is 1.12 bits per heavy atom. The van der Waals surface area contributed by atoms with Crippen molar-refractivity contribution in [1.29, 1.82) is 0 Å². The van der Waals surface area contributed by atoms with Crippen LogP contribution in [0.1, 0.15) is 36.1 Å². The number of hydrogen-bond donors (Lipinski definition) is 1. The van der Waals surface area contributed by atoms with E-state index in [1.165, 1.54) is 18.7 Å². The minimum Gasteiger partial charge on any atom is -0.495 e. The monoisotopic (exact) mass is 367 g/mol. The highest BCUT2D eigenvalue weighted by Gasteiger charge is 2.24. The molecule has 1 unspecified atom stereocenters. The quantitative estimate of drug-likeness (QED) is 0.823. The van der Waals surface area contributed by atoms with Crippen LogP contribution in [0, 0.1) is 13.8 Å². The van der Waals surface area contributed by atoms with Crippen molar-refractivity contribution in [3.63, 3.8) is 0 Å². The van der Waals surface area contributed by atoms with Crippen molar-refractivity contribution in [2.45, 2.75) is 38.1 Å². The lowest BCUT2D eigenvalue weighted by Gasteiger charge is -2.19. The highest BCUT2D eigenvalue weighted by molar-refractivity contribution is 7.89. The van der Waals surface area contributed by atoms with E-state index in [1.54, 1.807) is 12.1 Å². The molecule has 1 atom stereocenters. The van der Waals surface area contributed by atoms with Crippen molar-refractivity contribution >= 4 is 21.6 Å². The topological polar surface area (TPSA) is 55.4 Å². The standard InChI is InChI=1S/C18H22ClNO3S/c1-5-16(14-7-6-12(2)13(3)10-14)20-24(21,22)18-11-15(19)8-9-17(18)23-4/h6-11,16,20H,5H2,1-4H3. The first-order chi connectivity index (χ1) is 11.3. The zero-order chi connectivity index (χ0) is 17.9. The molecule has 2 rings (SSSR count). The summed E-state index contributed by atoms with van der Waals surface area (Å²) < 4.78 is 33.5. The van der Waals surface area contributed by atoms with Gasteiger partial charge < -0.3 is 4.74 Å². The van der Waals surface area contributed by atoms with E-state index >= 15 is 0 Å². The Morgan fingerprint density at radius 3 is 2.42 bits per heavy atom. The molecule has 0 saturated carbocycles. The fraction of sp³-hybridized carbons (Fsp3) is 0.333. The normalized spacial score (nSPS) is 12.9. The second-order valence-corrected chi connectivity index (χ2v) is 7.84. The maximum Gasteiger partial charge on any atom is 0.244 e. The molecule has 0 radical (unpaired) electrons. The van der Waals surface area contributed by atoms with Crippen LogP contribution in [0.2, 0.25) is 5.02 Å². The Kier molecular flexibility index (Phi) is 5.91. The lowest BCUT2D eigenvalue weighted by atomic mass is 10.0. The molecule has 0 bridgehead atoms. The first-order valence-corrected chi connectivity index (χ1v) is 9.57. The van der Waals surface area contributed by atoms with Gasteiger partial charge in [-0.3, -0.25) is 0 Å². The van der Waals surface area contributed by atoms with Crippen LogP contribution in [0.5, 0.6) is 5.75 Å². The Bertz CT molecular complexity index is 834. The summed E-state index contributed by atoms with van der Waals surface area (Å²) in [5, 5.41) is 0.343. The molecule has 0 aliphatic carbocycles. The molecule has 0 heterocycles. The van der Waals surface area contributed by atoms with Crippen LogP contribution < -0.4 is 9.46 Å². The summed E-state index contributed by atoms with van der Waals surface area (Å²) in [7, 11) is -2.33. The van der Waals surface area contributed by atoms with Gasteiger partial charge in [0.05, 0.1) is 7.11 Å². The average molecular weight is 368 g/mol. The Morgan fingerprint density at radius 2 is 1.83 bits per heavy atom. The Balaban J connectivity index is 2.39. The van der Waals surface area contributed by atoms with Crippen LogP contribution in [0.15, 0.2) is 41.3 Å². The molecule has 6 heteroatoms. The zero-order valence-corrected chi connectivity index (χ0v) is 15.8. The third kappa shape index (κ3) is 4.09. The van der Waals surface area contributed by atoms with Gasteiger partial charge in [-0.25, -0.2) is 13.1 Å². The first-order valence-electron chi connectivity index (χ1n) is 7.71. The predicted octanol–water partition coefficient (Wildman–Crippen LogP) is 4.40. The molecule has 24 heavy (non-hydrogen) atoms. The minimum atomic E-state index is -3.77. The van der Waals surface area contributed by atoms with Crippen molar-refractivity contribution in [1.82, 2.24) is 4.72 Å². The maximum atomic E-state index is 12.8. The van der Waals surface area contributed by atoms with Crippen LogP contribution in [0.25, 0.3) is 0 Å². The lowest BCUT2D eigenvalue weighted by molar-refractivity contribution is 0.402. The third-order valence-electron chi connectivity index (χ3n) is 4.05. The number of halogens is 1. The van der Waals surface area contributed by atoms with Gasteiger partial charge >= 0.3 is 0 Å². The van der Waals surface area contributed by atoms with Crippen molar-refractivity contribution < 1.29 is 13.2 Å². The van der Waals surface area contributed by atoms with E-state index in [0.29, 0.717) is 11.4 Å². The van der Waals surface area contributed by atoms with Crippen LogP contribution >= 0.6 is 11.6 Å². The molecule has 4 nitrogen and oxygen atoms in total. The van der Waals surface area contributed by atoms with Gasteiger partial charge in [-0.05, 0) is 55.2 Å². The minimum absolute atomic E-state index is 0.0415.